The van der Waals surface area contributed by atoms with Gasteiger partial charge in [-0.1, -0.05) is 11.4 Å². The molecule has 0 spiro atoms. The van der Waals surface area contributed by atoms with Gasteiger partial charge in [0.05, 0.1) is 5.69 Å². The molecular weight excluding hydrogens is 246 g/mol. The van der Waals surface area contributed by atoms with E-state index < -0.39 is 0 Å². The van der Waals surface area contributed by atoms with Crippen LogP contribution < -0.4 is 0 Å². The maximum atomic E-state index is 12.2. The molecule has 0 aromatic carbocycles. The van der Waals surface area contributed by atoms with Crippen molar-refractivity contribution in [3.63, 3.8) is 0 Å². The van der Waals surface area contributed by atoms with Crippen LogP contribution in [0.4, 0.5) is 0 Å². The SMILES string of the molecule is CCc1nnsc1C(=O)N1CCC(Cl)CC1. The number of carbonyl (C=O) groups excluding carboxylic acids is 1. The molecule has 88 valence electrons. The standard InChI is InChI=1S/C10H14ClN3OS/c1-2-8-9(16-13-12-8)10(15)14-5-3-7(11)4-6-14/h7H,2-6H2,1H3. The second kappa shape index (κ2) is 5.10. The molecule has 1 aliphatic rings. The molecule has 1 saturated heterocycles. The Bertz CT molecular complexity index is 374. The molecule has 1 fully saturated rings. The Morgan fingerprint density at radius 3 is 2.88 bits per heavy atom. The highest BCUT2D eigenvalue weighted by atomic mass is 35.5. The van der Waals surface area contributed by atoms with Gasteiger partial charge in [-0.25, -0.2) is 0 Å². The lowest BCUT2D eigenvalue weighted by atomic mass is 10.1. The molecule has 0 aliphatic carbocycles. The van der Waals surface area contributed by atoms with Gasteiger partial charge < -0.3 is 4.90 Å². The summed E-state index contributed by atoms with van der Waals surface area (Å²) in [5.41, 5.74) is 0.808. The zero-order valence-corrected chi connectivity index (χ0v) is 10.7. The number of piperidine rings is 1. The predicted octanol–water partition coefficient (Wildman–Crippen LogP) is 1.94. The summed E-state index contributed by atoms with van der Waals surface area (Å²) in [4.78, 5) is 14.7. The van der Waals surface area contributed by atoms with E-state index in [4.69, 9.17) is 11.6 Å². The third-order valence-electron chi connectivity index (χ3n) is 2.80. The minimum Gasteiger partial charge on any atom is -0.338 e. The van der Waals surface area contributed by atoms with Gasteiger partial charge in [0, 0.05) is 18.5 Å². The zero-order valence-electron chi connectivity index (χ0n) is 9.15. The highest BCUT2D eigenvalue weighted by Crippen LogP contribution is 2.20. The molecule has 0 radical (unpaired) electrons. The number of aryl methyl sites for hydroxylation is 1. The van der Waals surface area contributed by atoms with Gasteiger partial charge in [0.1, 0.15) is 4.88 Å². The van der Waals surface area contributed by atoms with Gasteiger partial charge in [0.25, 0.3) is 5.91 Å². The topological polar surface area (TPSA) is 46.1 Å². The first kappa shape index (κ1) is 11.8. The van der Waals surface area contributed by atoms with Crippen LogP contribution >= 0.6 is 23.1 Å². The van der Waals surface area contributed by atoms with Crippen molar-refractivity contribution in [1.29, 1.82) is 0 Å². The van der Waals surface area contributed by atoms with Crippen LogP contribution in [0.2, 0.25) is 0 Å². The van der Waals surface area contributed by atoms with E-state index in [-0.39, 0.29) is 11.3 Å². The van der Waals surface area contributed by atoms with Crippen LogP contribution in [0.5, 0.6) is 0 Å². The number of aromatic nitrogens is 2. The Morgan fingerprint density at radius 1 is 1.56 bits per heavy atom. The quantitative estimate of drug-likeness (QED) is 0.763. The molecule has 1 amide bonds. The molecular formula is C10H14ClN3OS. The number of nitrogens with zero attached hydrogens (tertiary/aromatic N) is 3. The normalized spacial score (nSPS) is 17.8. The van der Waals surface area contributed by atoms with E-state index in [1.165, 1.54) is 11.5 Å². The maximum absolute atomic E-state index is 12.2. The minimum absolute atomic E-state index is 0.0652. The second-order valence-corrected chi connectivity index (χ2v) is 5.24. The van der Waals surface area contributed by atoms with E-state index in [2.05, 4.69) is 9.59 Å². The van der Waals surface area contributed by atoms with Gasteiger partial charge in [-0.2, -0.15) is 0 Å². The summed E-state index contributed by atoms with van der Waals surface area (Å²) in [7, 11) is 0. The van der Waals surface area contributed by atoms with E-state index in [0.29, 0.717) is 4.88 Å². The summed E-state index contributed by atoms with van der Waals surface area (Å²) >= 11 is 7.20. The summed E-state index contributed by atoms with van der Waals surface area (Å²) < 4.78 is 3.84. The molecule has 0 N–H and O–H groups in total. The van der Waals surface area contributed by atoms with Gasteiger partial charge in [-0.05, 0) is 30.8 Å². The number of likely N-dealkylation sites (tertiary alicyclic amines) is 1. The first-order valence-corrected chi connectivity index (χ1v) is 6.68. The van der Waals surface area contributed by atoms with E-state index in [9.17, 15) is 4.79 Å². The number of amides is 1. The number of hydrogen-bond donors (Lipinski definition) is 0. The van der Waals surface area contributed by atoms with Crippen molar-refractivity contribution in [3.8, 4) is 0 Å². The number of rotatable bonds is 2. The van der Waals surface area contributed by atoms with Crippen LogP contribution in [-0.4, -0.2) is 38.9 Å². The summed E-state index contributed by atoms with van der Waals surface area (Å²) in [6, 6.07) is 0. The van der Waals surface area contributed by atoms with Gasteiger partial charge >= 0.3 is 0 Å². The highest BCUT2D eigenvalue weighted by Gasteiger charge is 2.25. The van der Waals surface area contributed by atoms with Crippen molar-refractivity contribution in [1.82, 2.24) is 14.5 Å². The lowest BCUT2D eigenvalue weighted by Gasteiger charge is -2.28. The Labute approximate surface area is 104 Å². The number of alkyl halides is 1. The summed E-state index contributed by atoms with van der Waals surface area (Å²) in [6.07, 6.45) is 2.51. The molecule has 1 aromatic heterocycles. The van der Waals surface area contributed by atoms with Gasteiger partial charge in [-0.3, -0.25) is 4.79 Å². The first-order chi connectivity index (χ1) is 7.72. The third-order valence-corrected chi connectivity index (χ3v) is 3.99. The fourth-order valence-corrected chi connectivity index (χ4v) is 2.71. The smallest absolute Gasteiger partial charge is 0.267 e. The molecule has 16 heavy (non-hydrogen) atoms. The Morgan fingerprint density at radius 2 is 2.25 bits per heavy atom. The predicted molar refractivity (Wildman–Crippen MR) is 64.1 cm³/mol. The molecule has 0 unspecified atom stereocenters. The van der Waals surface area contributed by atoms with Crippen molar-refractivity contribution in [2.24, 2.45) is 0 Å². The largest absolute Gasteiger partial charge is 0.338 e. The van der Waals surface area contributed by atoms with Crippen molar-refractivity contribution >= 4 is 29.0 Å². The van der Waals surface area contributed by atoms with Gasteiger partial charge in [-0.15, -0.1) is 16.7 Å². The van der Waals surface area contributed by atoms with Crippen LogP contribution in [0.25, 0.3) is 0 Å². The van der Waals surface area contributed by atoms with Crippen molar-refractivity contribution in [2.45, 2.75) is 31.6 Å². The number of hydrogen-bond acceptors (Lipinski definition) is 4. The average Bonchev–Trinajstić information content (AvgIpc) is 2.77. The molecule has 4 nitrogen and oxygen atoms in total. The molecule has 6 heteroatoms. The van der Waals surface area contributed by atoms with E-state index in [1.807, 2.05) is 11.8 Å². The highest BCUT2D eigenvalue weighted by molar-refractivity contribution is 7.08. The molecule has 2 heterocycles. The third kappa shape index (κ3) is 2.35. The molecule has 0 bridgehead atoms. The van der Waals surface area contributed by atoms with Crippen molar-refractivity contribution in [2.75, 3.05) is 13.1 Å². The van der Waals surface area contributed by atoms with E-state index >= 15 is 0 Å². The second-order valence-electron chi connectivity index (χ2n) is 3.87. The first-order valence-electron chi connectivity index (χ1n) is 5.47. The van der Waals surface area contributed by atoms with E-state index in [0.717, 1.165) is 38.0 Å². The molecule has 0 atom stereocenters. The van der Waals surface area contributed by atoms with Crippen LogP contribution in [-0.2, 0) is 6.42 Å². The fourth-order valence-electron chi connectivity index (χ4n) is 1.80. The number of carbonyl (C=O) groups is 1. The van der Waals surface area contributed by atoms with Gasteiger partial charge in [0.2, 0.25) is 0 Å². The van der Waals surface area contributed by atoms with Crippen molar-refractivity contribution < 1.29 is 4.79 Å². The lowest BCUT2D eigenvalue weighted by Crippen LogP contribution is -2.38. The van der Waals surface area contributed by atoms with Crippen LogP contribution in [0.3, 0.4) is 0 Å². The monoisotopic (exact) mass is 259 g/mol. The fraction of sp³-hybridized carbons (Fsp3) is 0.700. The molecule has 1 aliphatic heterocycles. The molecule has 1 aromatic rings. The lowest BCUT2D eigenvalue weighted by molar-refractivity contribution is 0.0730. The molecule has 2 rings (SSSR count). The number of halogens is 1. The summed E-state index contributed by atoms with van der Waals surface area (Å²) in [5.74, 6) is 0.0652. The zero-order chi connectivity index (χ0) is 11.5. The Kier molecular flexibility index (Phi) is 3.76. The maximum Gasteiger partial charge on any atom is 0.267 e. The minimum atomic E-state index is 0.0652. The van der Waals surface area contributed by atoms with Crippen LogP contribution in [0.1, 0.15) is 35.1 Å². The molecule has 0 saturated carbocycles. The van der Waals surface area contributed by atoms with E-state index in [1.54, 1.807) is 0 Å². The Hall–Kier alpha value is -0.680. The van der Waals surface area contributed by atoms with Crippen molar-refractivity contribution in [3.05, 3.63) is 10.6 Å². The van der Waals surface area contributed by atoms with Crippen LogP contribution in [0.15, 0.2) is 0 Å². The average molecular weight is 260 g/mol. The Balaban J connectivity index is 2.07. The van der Waals surface area contributed by atoms with Crippen LogP contribution in [0, 0.1) is 0 Å². The summed E-state index contributed by atoms with van der Waals surface area (Å²) in [6.45, 7) is 3.47. The summed E-state index contributed by atoms with van der Waals surface area (Å²) in [5, 5.41) is 4.18. The van der Waals surface area contributed by atoms with Gasteiger partial charge in [0.15, 0.2) is 0 Å².